The third kappa shape index (κ3) is 4.00. The normalized spacial score (nSPS) is 21.6. The monoisotopic (exact) mass is 507 g/mol. The lowest BCUT2D eigenvalue weighted by molar-refractivity contribution is -0.139. The number of carbonyl (C=O) groups excluding carboxylic acids is 2. The number of rotatable bonds is 5. The molecule has 0 radical (unpaired) electrons. The first kappa shape index (κ1) is 23.2. The van der Waals surface area contributed by atoms with Gasteiger partial charge in [0.05, 0.1) is 24.0 Å². The molecule has 0 spiro atoms. The zero-order chi connectivity index (χ0) is 24.7. The summed E-state index contributed by atoms with van der Waals surface area (Å²) in [4.78, 5) is 33.0. The second-order valence-corrected chi connectivity index (χ2v) is 9.33. The summed E-state index contributed by atoms with van der Waals surface area (Å²) in [5, 5.41) is 8.97. The van der Waals surface area contributed by atoms with Gasteiger partial charge in [0.1, 0.15) is 17.3 Å². The van der Waals surface area contributed by atoms with E-state index in [1.165, 1.54) is 16.8 Å². The molecule has 3 aliphatic heterocycles. The molecule has 0 saturated carbocycles. The fraction of sp³-hybridized carbons (Fsp3) is 0.200. The second-order valence-electron chi connectivity index (χ2n) is 8.06. The lowest BCUT2D eigenvalue weighted by atomic mass is 9.92. The van der Waals surface area contributed by atoms with E-state index in [1.54, 1.807) is 19.1 Å². The molecule has 5 rings (SSSR count). The Morgan fingerprint density at radius 1 is 1.17 bits per heavy atom. The molecule has 1 amide bonds. The van der Waals surface area contributed by atoms with Gasteiger partial charge in [-0.3, -0.25) is 4.79 Å². The van der Waals surface area contributed by atoms with Crippen LogP contribution >= 0.6 is 23.4 Å². The summed E-state index contributed by atoms with van der Waals surface area (Å²) in [7, 11) is 0. The first-order chi connectivity index (χ1) is 16.9. The molecule has 3 heterocycles. The molecule has 2 unspecified atom stereocenters. The van der Waals surface area contributed by atoms with Crippen molar-refractivity contribution in [1.82, 2.24) is 4.90 Å². The van der Waals surface area contributed by atoms with Gasteiger partial charge in [0.25, 0.3) is 5.91 Å². The van der Waals surface area contributed by atoms with Crippen molar-refractivity contribution in [3.8, 4) is 0 Å². The number of amidine groups is 1. The van der Waals surface area contributed by atoms with Crippen molar-refractivity contribution in [3.63, 3.8) is 0 Å². The molecule has 35 heavy (non-hydrogen) atoms. The molecule has 0 aliphatic carbocycles. The van der Waals surface area contributed by atoms with E-state index >= 15 is 0 Å². The molecule has 2 aromatic rings. The summed E-state index contributed by atoms with van der Waals surface area (Å²) in [6.45, 7) is 3.75. The summed E-state index contributed by atoms with van der Waals surface area (Å²) in [5.41, 5.74) is 9.26. The van der Waals surface area contributed by atoms with Crippen LogP contribution in [0.15, 0.2) is 87.2 Å². The number of fused-ring (bicyclic) bond motifs is 1. The highest BCUT2D eigenvalue weighted by Crippen LogP contribution is 2.46. The van der Waals surface area contributed by atoms with E-state index < -0.39 is 17.9 Å². The van der Waals surface area contributed by atoms with Gasteiger partial charge in [-0.1, -0.05) is 53.7 Å². The number of nitrogens with two attached hydrogens (primary N) is 1. The highest BCUT2D eigenvalue weighted by Gasteiger charge is 2.47. The minimum atomic E-state index is -0.647. The van der Waals surface area contributed by atoms with Crippen molar-refractivity contribution in [2.75, 3.05) is 11.6 Å². The smallest absolute Gasteiger partial charge is 0.340 e. The topological polar surface area (TPSA) is 101 Å². The minimum absolute atomic E-state index is 0.0887. The van der Waals surface area contributed by atoms with Crippen LogP contribution in [-0.2, 0) is 14.3 Å². The molecule has 8 nitrogen and oxygen atoms in total. The molecule has 0 bridgehead atoms. The number of ether oxygens (including phenoxy) is 1. The van der Waals surface area contributed by atoms with Crippen molar-refractivity contribution in [2.45, 2.75) is 19.9 Å². The Bertz CT molecular complexity index is 1320. The van der Waals surface area contributed by atoms with Crippen LogP contribution in [0.1, 0.15) is 25.5 Å². The lowest BCUT2D eigenvalue weighted by Crippen LogP contribution is -2.42. The second kappa shape index (κ2) is 9.24. The summed E-state index contributed by atoms with van der Waals surface area (Å²) in [6, 6.07) is 15.8. The predicted molar refractivity (Wildman–Crippen MR) is 138 cm³/mol. The van der Waals surface area contributed by atoms with Gasteiger partial charge in [0.2, 0.25) is 0 Å². The maximum Gasteiger partial charge on any atom is 0.340 e. The number of para-hydroxylation sites is 1. The predicted octanol–water partition coefficient (Wildman–Crippen LogP) is 4.41. The standard InChI is InChI=1S/C25H22ClN5O3S/c1-3-34-24(33)20-21(15-9-11-16(26)12-10-15)30-18(13-35-25(30)28-22(20)27)19-14(2)29-31(23(19)32)17-7-5-4-6-8-17/h4-13,19,21H,3,27H2,1-2H3. The van der Waals surface area contributed by atoms with Gasteiger partial charge in [-0.05, 0) is 49.1 Å². The van der Waals surface area contributed by atoms with Gasteiger partial charge < -0.3 is 15.4 Å². The number of carbonyl (C=O) groups is 2. The summed E-state index contributed by atoms with van der Waals surface area (Å²) in [6.07, 6.45) is 0. The Kier molecular flexibility index (Phi) is 6.12. The van der Waals surface area contributed by atoms with E-state index in [9.17, 15) is 9.59 Å². The van der Waals surface area contributed by atoms with Crippen LogP contribution < -0.4 is 10.7 Å². The summed E-state index contributed by atoms with van der Waals surface area (Å²) in [5.74, 6) is -1.30. The molecular formula is C25H22ClN5O3S. The SMILES string of the molecule is CCOC(=O)C1=C(N)N=C2SC=C(C3C(=O)N(c4ccccc4)N=C3C)N2C1c1ccc(Cl)cc1. The maximum atomic E-state index is 13.6. The fourth-order valence-corrected chi connectivity index (χ4v) is 5.44. The molecule has 178 valence electrons. The fourth-order valence-electron chi connectivity index (χ4n) is 4.36. The molecule has 2 N–H and O–H groups in total. The van der Waals surface area contributed by atoms with E-state index in [2.05, 4.69) is 10.1 Å². The maximum absolute atomic E-state index is 13.6. The number of esters is 1. The zero-order valence-electron chi connectivity index (χ0n) is 19.0. The van der Waals surface area contributed by atoms with Crippen LogP contribution in [0.2, 0.25) is 5.02 Å². The Labute approximate surface area is 211 Å². The third-order valence-electron chi connectivity index (χ3n) is 5.90. The van der Waals surface area contributed by atoms with Gasteiger partial charge in [0, 0.05) is 10.7 Å². The Morgan fingerprint density at radius 3 is 2.57 bits per heavy atom. The largest absolute Gasteiger partial charge is 0.462 e. The Hall–Kier alpha value is -3.56. The van der Waals surface area contributed by atoms with Gasteiger partial charge in [-0.15, -0.1) is 0 Å². The minimum Gasteiger partial charge on any atom is -0.462 e. The van der Waals surface area contributed by atoms with Crippen LogP contribution in [0, 0.1) is 5.92 Å². The molecule has 3 aliphatic rings. The van der Waals surface area contributed by atoms with Crippen molar-refractivity contribution >= 4 is 51.8 Å². The van der Waals surface area contributed by atoms with E-state index in [1.807, 2.05) is 59.7 Å². The number of aliphatic imine (C=N–C) groups is 1. The van der Waals surface area contributed by atoms with E-state index in [0.717, 1.165) is 5.56 Å². The summed E-state index contributed by atoms with van der Waals surface area (Å²) >= 11 is 7.49. The van der Waals surface area contributed by atoms with Crippen LogP contribution in [0.5, 0.6) is 0 Å². The van der Waals surface area contributed by atoms with Crippen LogP contribution in [0.25, 0.3) is 0 Å². The number of nitrogens with zero attached hydrogens (tertiary/aromatic N) is 4. The first-order valence-corrected chi connectivity index (χ1v) is 12.3. The molecule has 2 atom stereocenters. The number of thioether (sulfide) groups is 1. The van der Waals surface area contributed by atoms with Gasteiger partial charge in [-0.2, -0.15) is 10.1 Å². The van der Waals surface area contributed by atoms with E-state index in [-0.39, 0.29) is 23.9 Å². The third-order valence-corrected chi connectivity index (χ3v) is 7.01. The molecule has 10 heteroatoms. The molecule has 0 aromatic heterocycles. The molecule has 0 saturated heterocycles. The molecular weight excluding hydrogens is 486 g/mol. The average Bonchev–Trinajstić information content (AvgIpc) is 3.38. The van der Waals surface area contributed by atoms with Gasteiger partial charge in [0.15, 0.2) is 5.17 Å². The van der Waals surface area contributed by atoms with Crippen molar-refractivity contribution in [3.05, 3.63) is 87.7 Å². The number of benzene rings is 2. The molecule has 0 fully saturated rings. The number of halogens is 1. The number of hydrogen-bond donors (Lipinski definition) is 1. The zero-order valence-corrected chi connectivity index (χ0v) is 20.6. The number of hydrogen-bond acceptors (Lipinski definition) is 8. The van der Waals surface area contributed by atoms with E-state index in [4.69, 9.17) is 22.1 Å². The number of anilines is 1. The van der Waals surface area contributed by atoms with Crippen LogP contribution in [0.3, 0.4) is 0 Å². The highest BCUT2D eigenvalue weighted by molar-refractivity contribution is 8.16. The van der Waals surface area contributed by atoms with Crippen molar-refractivity contribution in [2.24, 2.45) is 21.7 Å². The van der Waals surface area contributed by atoms with Crippen LogP contribution in [0.4, 0.5) is 5.69 Å². The molecule has 2 aromatic carbocycles. The first-order valence-electron chi connectivity index (χ1n) is 11.0. The van der Waals surface area contributed by atoms with E-state index in [0.29, 0.717) is 27.3 Å². The van der Waals surface area contributed by atoms with Crippen LogP contribution in [-0.4, -0.2) is 34.3 Å². The van der Waals surface area contributed by atoms with Crippen molar-refractivity contribution in [1.29, 1.82) is 0 Å². The Morgan fingerprint density at radius 2 is 1.89 bits per heavy atom. The lowest BCUT2D eigenvalue weighted by Gasteiger charge is -2.37. The van der Waals surface area contributed by atoms with Gasteiger partial charge >= 0.3 is 5.97 Å². The van der Waals surface area contributed by atoms with Gasteiger partial charge in [-0.25, -0.2) is 9.79 Å². The quantitative estimate of drug-likeness (QED) is 0.601. The highest BCUT2D eigenvalue weighted by atomic mass is 35.5. The number of hydrazone groups is 1. The summed E-state index contributed by atoms with van der Waals surface area (Å²) < 4.78 is 5.33. The number of amides is 1. The average molecular weight is 508 g/mol. The van der Waals surface area contributed by atoms with Crippen molar-refractivity contribution < 1.29 is 14.3 Å². The Balaban J connectivity index is 1.58.